The van der Waals surface area contributed by atoms with E-state index >= 15 is 0 Å². The Bertz CT molecular complexity index is 290. The lowest BCUT2D eigenvalue weighted by molar-refractivity contribution is -0.176. The van der Waals surface area contributed by atoms with Crippen LogP contribution >= 0.6 is 0 Å². The zero-order valence-corrected chi connectivity index (χ0v) is 8.91. The number of rotatable bonds is 2. The van der Waals surface area contributed by atoms with Crippen molar-refractivity contribution in [1.82, 2.24) is 0 Å². The summed E-state index contributed by atoms with van der Waals surface area (Å²) in [6.45, 7) is 2.04. The first-order valence-electron chi connectivity index (χ1n) is 5.45. The third-order valence-corrected chi connectivity index (χ3v) is 3.72. The summed E-state index contributed by atoms with van der Waals surface area (Å²) in [7, 11) is 0. The Morgan fingerprint density at radius 2 is 2.00 bits per heavy atom. The second-order valence-electron chi connectivity index (χ2n) is 4.63. The van der Waals surface area contributed by atoms with Crippen LogP contribution in [0.1, 0.15) is 39.0 Å². The molecule has 0 saturated heterocycles. The van der Waals surface area contributed by atoms with Gasteiger partial charge in [0.2, 0.25) is 0 Å². The van der Waals surface area contributed by atoms with Gasteiger partial charge >= 0.3 is 5.97 Å². The molecular weight excluding hydrogens is 196 g/mol. The molecule has 3 aliphatic rings. The number of hydrogen-bond acceptors (Lipinski definition) is 4. The summed E-state index contributed by atoms with van der Waals surface area (Å²) in [4.78, 5) is 23.6. The van der Waals surface area contributed by atoms with Crippen molar-refractivity contribution in [2.45, 2.75) is 44.6 Å². The molecule has 3 rings (SSSR count). The molecule has 0 spiro atoms. The Morgan fingerprint density at radius 1 is 1.40 bits per heavy atom. The number of carbonyl (C=O) groups is 2. The van der Waals surface area contributed by atoms with Crippen molar-refractivity contribution >= 4 is 11.8 Å². The zero-order chi connectivity index (χ0) is 11.1. The molecule has 1 N–H and O–H groups in total. The summed E-state index contributed by atoms with van der Waals surface area (Å²) < 4.78 is 4.96. The molecule has 0 aromatic rings. The number of esters is 1. The van der Waals surface area contributed by atoms with Gasteiger partial charge in [0.05, 0.1) is 12.2 Å². The molecule has 3 fully saturated rings. The average molecular weight is 212 g/mol. The molecule has 3 saturated carbocycles. The summed E-state index contributed by atoms with van der Waals surface area (Å²) in [6, 6.07) is 0. The van der Waals surface area contributed by atoms with Gasteiger partial charge in [0.15, 0.2) is 5.78 Å². The van der Waals surface area contributed by atoms with Gasteiger partial charge in [0, 0.05) is 6.42 Å². The second-order valence-corrected chi connectivity index (χ2v) is 4.63. The number of fused-ring (bicyclic) bond motifs is 3. The van der Waals surface area contributed by atoms with Crippen LogP contribution in [0.4, 0.5) is 0 Å². The van der Waals surface area contributed by atoms with Gasteiger partial charge in [0.1, 0.15) is 5.41 Å². The molecule has 0 aromatic carbocycles. The maximum absolute atomic E-state index is 11.8. The zero-order valence-electron chi connectivity index (χ0n) is 8.91. The molecule has 0 aliphatic heterocycles. The highest BCUT2D eigenvalue weighted by atomic mass is 16.5. The summed E-state index contributed by atoms with van der Waals surface area (Å²) in [5.41, 5.74) is -1.77. The Balaban J connectivity index is 2.22. The van der Waals surface area contributed by atoms with Gasteiger partial charge in [-0.2, -0.15) is 0 Å². The number of ketones is 1. The van der Waals surface area contributed by atoms with Gasteiger partial charge in [-0.15, -0.1) is 0 Å². The highest BCUT2D eigenvalue weighted by Crippen LogP contribution is 2.50. The molecule has 4 heteroatoms. The van der Waals surface area contributed by atoms with Crippen LogP contribution in [0.25, 0.3) is 0 Å². The van der Waals surface area contributed by atoms with E-state index in [4.69, 9.17) is 4.74 Å². The maximum Gasteiger partial charge on any atom is 0.319 e. The largest absolute Gasteiger partial charge is 0.465 e. The number of ether oxygens (including phenoxy) is 1. The first kappa shape index (κ1) is 10.6. The topological polar surface area (TPSA) is 63.6 Å². The normalized spacial score (nSPS) is 39.2. The van der Waals surface area contributed by atoms with Crippen LogP contribution in [0, 0.1) is 5.41 Å². The molecule has 3 aliphatic carbocycles. The van der Waals surface area contributed by atoms with E-state index in [0.29, 0.717) is 32.3 Å². The molecule has 2 bridgehead atoms. The monoisotopic (exact) mass is 212 g/mol. The van der Waals surface area contributed by atoms with Crippen molar-refractivity contribution in [3.63, 3.8) is 0 Å². The van der Waals surface area contributed by atoms with E-state index in [1.807, 2.05) is 0 Å². The number of carbonyl (C=O) groups excluding carboxylic acids is 2. The first-order chi connectivity index (χ1) is 7.02. The predicted molar refractivity (Wildman–Crippen MR) is 52.1 cm³/mol. The Morgan fingerprint density at radius 3 is 2.47 bits per heavy atom. The van der Waals surface area contributed by atoms with E-state index in [1.165, 1.54) is 0 Å². The van der Waals surface area contributed by atoms with Crippen molar-refractivity contribution < 1.29 is 19.4 Å². The summed E-state index contributed by atoms with van der Waals surface area (Å²) >= 11 is 0. The first-order valence-corrected chi connectivity index (χ1v) is 5.45. The molecule has 0 unspecified atom stereocenters. The van der Waals surface area contributed by atoms with E-state index in [1.54, 1.807) is 6.92 Å². The Kier molecular flexibility index (Phi) is 2.34. The van der Waals surface area contributed by atoms with Crippen LogP contribution in [-0.2, 0) is 14.3 Å². The fourth-order valence-corrected chi connectivity index (χ4v) is 2.65. The quantitative estimate of drug-likeness (QED) is 0.543. The predicted octanol–water partition coefficient (Wildman–Crippen LogP) is 0.814. The number of aliphatic hydroxyl groups is 1. The fraction of sp³-hybridized carbons (Fsp3) is 0.818. The second kappa shape index (κ2) is 3.30. The van der Waals surface area contributed by atoms with Crippen molar-refractivity contribution in [2.24, 2.45) is 5.41 Å². The van der Waals surface area contributed by atoms with Gasteiger partial charge in [-0.25, -0.2) is 0 Å². The van der Waals surface area contributed by atoms with E-state index in [-0.39, 0.29) is 12.2 Å². The van der Waals surface area contributed by atoms with E-state index in [9.17, 15) is 14.7 Å². The average Bonchev–Trinajstić information content (AvgIpc) is 2.18. The highest BCUT2D eigenvalue weighted by molar-refractivity contribution is 6.05. The SMILES string of the molecule is CCOC(=O)C12CCC(O)(CC1)CC2=O. The van der Waals surface area contributed by atoms with Gasteiger partial charge in [-0.05, 0) is 32.6 Å². The van der Waals surface area contributed by atoms with Crippen LogP contribution in [0.3, 0.4) is 0 Å². The highest BCUT2D eigenvalue weighted by Gasteiger charge is 2.58. The van der Waals surface area contributed by atoms with Crippen LogP contribution in [0.5, 0.6) is 0 Å². The van der Waals surface area contributed by atoms with Crippen molar-refractivity contribution in [2.75, 3.05) is 6.61 Å². The van der Waals surface area contributed by atoms with Gasteiger partial charge in [-0.1, -0.05) is 0 Å². The Hall–Kier alpha value is -0.900. The van der Waals surface area contributed by atoms with Crippen LogP contribution < -0.4 is 0 Å². The van der Waals surface area contributed by atoms with E-state index in [0.717, 1.165) is 0 Å². The minimum Gasteiger partial charge on any atom is -0.465 e. The van der Waals surface area contributed by atoms with Crippen molar-refractivity contribution in [3.8, 4) is 0 Å². The van der Waals surface area contributed by atoms with Crippen LogP contribution in [-0.4, -0.2) is 29.1 Å². The summed E-state index contributed by atoms with van der Waals surface area (Å²) in [5.74, 6) is -0.530. The third-order valence-electron chi connectivity index (χ3n) is 3.72. The van der Waals surface area contributed by atoms with Crippen molar-refractivity contribution in [3.05, 3.63) is 0 Å². The molecule has 0 aromatic heterocycles. The lowest BCUT2D eigenvalue weighted by Gasteiger charge is -2.47. The summed E-state index contributed by atoms with van der Waals surface area (Å²) in [5, 5.41) is 9.94. The molecule has 0 radical (unpaired) electrons. The van der Waals surface area contributed by atoms with Crippen LogP contribution in [0.2, 0.25) is 0 Å². The lowest BCUT2D eigenvalue weighted by Crippen LogP contribution is -2.56. The minimum absolute atomic E-state index is 0.117. The molecule has 0 atom stereocenters. The molecular formula is C11H16O4. The molecule has 0 amide bonds. The van der Waals surface area contributed by atoms with E-state index < -0.39 is 17.0 Å². The standard InChI is InChI=1S/C11H16O4/c1-2-15-9(13)11-5-3-10(14,4-6-11)7-8(11)12/h14H,2-7H2,1H3. The van der Waals surface area contributed by atoms with Gasteiger partial charge in [-0.3, -0.25) is 9.59 Å². The third kappa shape index (κ3) is 1.47. The minimum atomic E-state index is -0.930. The van der Waals surface area contributed by atoms with Crippen molar-refractivity contribution in [1.29, 1.82) is 0 Å². The maximum atomic E-state index is 11.8. The molecule has 15 heavy (non-hydrogen) atoms. The molecule has 84 valence electrons. The number of Topliss-reactive ketones (excluding diaryl/α,β-unsaturated/α-hetero) is 1. The summed E-state index contributed by atoms with van der Waals surface area (Å²) in [6.07, 6.45) is 2.09. The van der Waals surface area contributed by atoms with E-state index in [2.05, 4.69) is 0 Å². The molecule has 0 heterocycles. The smallest absolute Gasteiger partial charge is 0.319 e. The molecule has 4 nitrogen and oxygen atoms in total. The number of hydrogen-bond donors (Lipinski definition) is 1. The Labute approximate surface area is 88.6 Å². The van der Waals surface area contributed by atoms with Gasteiger partial charge < -0.3 is 9.84 Å². The van der Waals surface area contributed by atoms with Gasteiger partial charge in [0.25, 0.3) is 0 Å². The fourth-order valence-electron chi connectivity index (χ4n) is 2.65. The lowest BCUT2D eigenvalue weighted by atomic mass is 9.58. The van der Waals surface area contributed by atoms with Crippen LogP contribution in [0.15, 0.2) is 0 Å².